The Balaban J connectivity index is 1.54. The highest BCUT2D eigenvalue weighted by Crippen LogP contribution is 2.39. The highest BCUT2D eigenvalue weighted by molar-refractivity contribution is 6.12. The number of phenols is 1. The molecule has 1 saturated heterocycles. The molecular weight excluding hydrogens is 352 g/mol. The summed E-state index contributed by atoms with van der Waals surface area (Å²) in [5, 5.41) is 10.4. The summed E-state index contributed by atoms with van der Waals surface area (Å²) in [6.07, 6.45) is 5.43. The summed E-state index contributed by atoms with van der Waals surface area (Å²) < 4.78 is 5.90. The van der Waals surface area contributed by atoms with E-state index >= 15 is 0 Å². The molecule has 0 amide bonds. The molecule has 2 heterocycles. The van der Waals surface area contributed by atoms with Crippen LogP contribution in [0.3, 0.4) is 0 Å². The van der Waals surface area contributed by atoms with Gasteiger partial charge in [-0.2, -0.15) is 0 Å². The molecule has 4 rings (SSSR count). The van der Waals surface area contributed by atoms with Crippen molar-refractivity contribution in [1.82, 2.24) is 9.80 Å². The molecule has 5 heteroatoms. The van der Waals surface area contributed by atoms with E-state index in [1.54, 1.807) is 18.2 Å². The Morgan fingerprint density at radius 3 is 2.57 bits per heavy atom. The van der Waals surface area contributed by atoms with Gasteiger partial charge in [-0.1, -0.05) is 42.5 Å². The first-order chi connectivity index (χ1) is 13.6. The maximum Gasteiger partial charge on any atom is 0.231 e. The lowest BCUT2D eigenvalue weighted by atomic mass is 10.0. The Labute approximate surface area is 165 Å². The van der Waals surface area contributed by atoms with E-state index in [9.17, 15) is 9.90 Å². The largest absolute Gasteiger partial charge is 0.507 e. The van der Waals surface area contributed by atoms with Gasteiger partial charge in [-0.05, 0) is 30.8 Å². The maximum atomic E-state index is 12.7. The van der Waals surface area contributed by atoms with E-state index in [2.05, 4.69) is 16.8 Å². The third kappa shape index (κ3) is 3.86. The Hall–Kier alpha value is -2.89. The van der Waals surface area contributed by atoms with Crippen molar-refractivity contribution in [1.29, 1.82) is 0 Å². The average molecular weight is 376 g/mol. The summed E-state index contributed by atoms with van der Waals surface area (Å²) in [5.41, 5.74) is 2.25. The van der Waals surface area contributed by atoms with Crippen LogP contribution in [0.4, 0.5) is 0 Å². The van der Waals surface area contributed by atoms with Crippen LogP contribution < -0.4 is 4.74 Å². The average Bonchev–Trinajstić information content (AvgIpc) is 3.02. The number of rotatable bonds is 4. The quantitative estimate of drug-likeness (QED) is 0.830. The summed E-state index contributed by atoms with van der Waals surface area (Å²) >= 11 is 0. The standard InChI is InChI=1S/C23H24N2O3/c1-24-12-14-25(15-13-24)16-19-20(26)11-10-18-22(27)21(28-23(18)19)9-5-8-17-6-3-2-4-7-17/h2-11,26H,12-16H2,1H3/b8-5+,21-9+. The van der Waals surface area contributed by atoms with E-state index in [4.69, 9.17) is 4.74 Å². The van der Waals surface area contributed by atoms with Gasteiger partial charge in [0.15, 0.2) is 5.76 Å². The van der Waals surface area contributed by atoms with Crippen LogP contribution in [0.25, 0.3) is 6.08 Å². The molecule has 0 atom stereocenters. The number of likely N-dealkylation sites (N-methyl/N-ethyl adjacent to an activating group) is 1. The van der Waals surface area contributed by atoms with Crippen LogP contribution in [-0.2, 0) is 6.54 Å². The number of fused-ring (bicyclic) bond motifs is 1. The van der Waals surface area contributed by atoms with Crippen LogP contribution in [0.2, 0.25) is 0 Å². The van der Waals surface area contributed by atoms with E-state index < -0.39 is 0 Å². The maximum absolute atomic E-state index is 12.7. The van der Waals surface area contributed by atoms with Crippen LogP contribution in [0, 0.1) is 0 Å². The number of benzene rings is 2. The Morgan fingerprint density at radius 2 is 1.82 bits per heavy atom. The number of carbonyl (C=O) groups is 1. The zero-order valence-electron chi connectivity index (χ0n) is 16.0. The fourth-order valence-corrected chi connectivity index (χ4v) is 3.50. The predicted molar refractivity (Wildman–Crippen MR) is 109 cm³/mol. The minimum absolute atomic E-state index is 0.146. The molecule has 0 saturated carbocycles. The normalized spacial score (nSPS) is 19.3. The smallest absolute Gasteiger partial charge is 0.231 e. The number of Topliss-reactive ketones (excluding diaryl/α,β-unsaturated/α-hetero) is 1. The molecular formula is C23H24N2O3. The van der Waals surface area contributed by atoms with Gasteiger partial charge < -0.3 is 14.7 Å². The number of aromatic hydroxyl groups is 1. The molecule has 0 spiro atoms. The zero-order chi connectivity index (χ0) is 19.5. The number of hydrogen-bond acceptors (Lipinski definition) is 5. The highest BCUT2D eigenvalue weighted by atomic mass is 16.5. The van der Waals surface area contributed by atoms with Crippen molar-refractivity contribution in [2.75, 3.05) is 33.2 Å². The number of ether oxygens (including phenoxy) is 1. The highest BCUT2D eigenvalue weighted by Gasteiger charge is 2.31. The van der Waals surface area contributed by atoms with Gasteiger partial charge in [-0.15, -0.1) is 0 Å². The van der Waals surface area contributed by atoms with E-state index in [0.29, 0.717) is 23.4 Å². The molecule has 0 bridgehead atoms. The summed E-state index contributed by atoms with van der Waals surface area (Å²) in [7, 11) is 2.11. The number of phenolic OH excluding ortho intramolecular Hbond substituents is 1. The molecule has 5 nitrogen and oxygen atoms in total. The second-order valence-electron chi connectivity index (χ2n) is 7.25. The van der Waals surface area contributed by atoms with Gasteiger partial charge in [0, 0.05) is 32.7 Å². The van der Waals surface area contributed by atoms with Gasteiger partial charge in [-0.3, -0.25) is 9.69 Å². The van der Waals surface area contributed by atoms with Gasteiger partial charge in [0.1, 0.15) is 11.5 Å². The van der Waals surface area contributed by atoms with Gasteiger partial charge >= 0.3 is 0 Å². The van der Waals surface area contributed by atoms with Gasteiger partial charge in [0.2, 0.25) is 5.78 Å². The molecule has 144 valence electrons. The van der Waals surface area contributed by atoms with Crippen molar-refractivity contribution in [2.24, 2.45) is 0 Å². The number of carbonyl (C=O) groups excluding carboxylic acids is 1. The molecule has 2 aliphatic rings. The van der Waals surface area contributed by atoms with Crippen molar-refractivity contribution in [3.8, 4) is 11.5 Å². The summed E-state index contributed by atoms with van der Waals surface area (Å²) in [6, 6.07) is 13.1. The van der Waals surface area contributed by atoms with Gasteiger partial charge in [0.05, 0.1) is 11.1 Å². The molecule has 0 aliphatic carbocycles. The van der Waals surface area contributed by atoms with Crippen molar-refractivity contribution in [3.63, 3.8) is 0 Å². The van der Waals surface area contributed by atoms with Crippen molar-refractivity contribution < 1.29 is 14.6 Å². The summed E-state index contributed by atoms with van der Waals surface area (Å²) in [4.78, 5) is 17.3. The fraction of sp³-hybridized carbons (Fsp3) is 0.261. The van der Waals surface area contributed by atoms with Crippen molar-refractivity contribution in [2.45, 2.75) is 6.54 Å². The first kappa shape index (κ1) is 18.5. The predicted octanol–water partition coefficient (Wildman–Crippen LogP) is 3.31. The van der Waals surface area contributed by atoms with Gasteiger partial charge in [-0.25, -0.2) is 0 Å². The third-order valence-corrected chi connectivity index (χ3v) is 5.23. The molecule has 1 N–H and O–H groups in total. The first-order valence-corrected chi connectivity index (χ1v) is 9.53. The number of hydrogen-bond donors (Lipinski definition) is 1. The molecule has 2 aromatic carbocycles. The minimum Gasteiger partial charge on any atom is -0.507 e. The van der Waals surface area contributed by atoms with Crippen LogP contribution in [0.5, 0.6) is 11.5 Å². The van der Waals surface area contributed by atoms with Gasteiger partial charge in [0.25, 0.3) is 0 Å². The number of piperazine rings is 1. The van der Waals surface area contributed by atoms with Crippen molar-refractivity contribution in [3.05, 3.63) is 77.1 Å². The van der Waals surface area contributed by atoms with E-state index in [1.165, 1.54) is 0 Å². The topological polar surface area (TPSA) is 53.0 Å². The monoisotopic (exact) mass is 376 g/mol. The number of nitrogens with zero attached hydrogens (tertiary/aromatic N) is 2. The van der Waals surface area contributed by atoms with Crippen LogP contribution in [0.15, 0.2) is 60.4 Å². The third-order valence-electron chi connectivity index (χ3n) is 5.23. The zero-order valence-corrected chi connectivity index (χ0v) is 16.0. The van der Waals surface area contributed by atoms with Crippen LogP contribution >= 0.6 is 0 Å². The SMILES string of the molecule is CN1CCN(Cc2c(O)ccc3c2O/C(=C/C=C/c2ccccc2)C3=O)CC1. The Kier molecular flexibility index (Phi) is 5.28. The number of ketones is 1. The first-order valence-electron chi connectivity index (χ1n) is 9.53. The second kappa shape index (κ2) is 8.00. The lowest BCUT2D eigenvalue weighted by Gasteiger charge is -2.32. The Morgan fingerprint density at radius 1 is 1.07 bits per heavy atom. The summed E-state index contributed by atoms with van der Waals surface area (Å²) in [6.45, 7) is 4.41. The lowest BCUT2D eigenvalue weighted by Crippen LogP contribution is -2.43. The Bertz CT molecular complexity index is 926. The molecule has 28 heavy (non-hydrogen) atoms. The minimum atomic E-state index is -0.146. The van der Waals surface area contributed by atoms with Crippen LogP contribution in [0.1, 0.15) is 21.5 Å². The molecule has 0 unspecified atom stereocenters. The molecule has 1 fully saturated rings. The van der Waals surface area contributed by atoms with E-state index in [1.807, 2.05) is 42.5 Å². The molecule has 2 aromatic rings. The molecule has 0 radical (unpaired) electrons. The molecule has 2 aliphatic heterocycles. The lowest BCUT2D eigenvalue weighted by molar-refractivity contribution is 0.101. The molecule has 0 aromatic heterocycles. The second-order valence-corrected chi connectivity index (χ2v) is 7.25. The van der Waals surface area contributed by atoms with E-state index in [-0.39, 0.29) is 17.3 Å². The van der Waals surface area contributed by atoms with E-state index in [0.717, 1.165) is 31.7 Å². The fourth-order valence-electron chi connectivity index (χ4n) is 3.50. The summed E-state index contributed by atoms with van der Waals surface area (Å²) in [5.74, 6) is 0.801. The van der Waals surface area contributed by atoms with Crippen LogP contribution in [-0.4, -0.2) is 53.9 Å². The van der Waals surface area contributed by atoms with Crippen molar-refractivity contribution >= 4 is 11.9 Å². The number of allylic oxidation sites excluding steroid dienone is 3.